The number of alkyl halides is 3. The Kier molecular flexibility index (Phi) is 6.89. The second kappa shape index (κ2) is 9.42. The molecule has 1 saturated heterocycles. The lowest BCUT2D eigenvalue weighted by molar-refractivity contribution is -0.137. The Morgan fingerprint density at radius 2 is 2.00 bits per heavy atom. The first-order chi connectivity index (χ1) is 14.7. The minimum absolute atomic E-state index is 0.0457. The van der Waals surface area contributed by atoms with Gasteiger partial charge in [-0.25, -0.2) is 4.99 Å². The van der Waals surface area contributed by atoms with Gasteiger partial charge in [-0.1, -0.05) is 23.9 Å². The summed E-state index contributed by atoms with van der Waals surface area (Å²) in [6, 6.07) is 11.3. The number of nitrogens with one attached hydrogen (secondary N) is 1. The number of rotatable bonds is 5. The molecule has 1 heterocycles. The number of nitrogens with zero attached hydrogens (tertiary/aromatic N) is 2. The summed E-state index contributed by atoms with van der Waals surface area (Å²) in [6.45, 7) is 2.02. The third kappa shape index (κ3) is 5.57. The fraction of sp³-hybridized carbons (Fsp3) is 0.286. The Balaban J connectivity index is 1.84. The zero-order valence-electron chi connectivity index (χ0n) is 16.8. The van der Waals surface area contributed by atoms with Crippen LogP contribution in [0.15, 0.2) is 53.5 Å². The van der Waals surface area contributed by atoms with Crippen LogP contribution < -0.4 is 10.1 Å². The van der Waals surface area contributed by atoms with Gasteiger partial charge in [0.15, 0.2) is 5.17 Å². The van der Waals surface area contributed by atoms with Crippen molar-refractivity contribution in [3.63, 3.8) is 0 Å². The zero-order valence-corrected chi connectivity index (χ0v) is 17.6. The largest absolute Gasteiger partial charge is 0.497 e. The number of aliphatic imine (C=N–C) groups is 1. The van der Waals surface area contributed by atoms with Crippen LogP contribution in [-0.4, -0.2) is 40.8 Å². The highest BCUT2D eigenvalue weighted by Gasteiger charge is 2.35. The van der Waals surface area contributed by atoms with Crippen molar-refractivity contribution in [1.29, 1.82) is 0 Å². The van der Waals surface area contributed by atoms with Crippen LogP contribution in [0.1, 0.15) is 18.9 Å². The molecule has 1 N–H and O–H groups in total. The molecule has 3 rings (SSSR count). The number of halogens is 3. The quantitative estimate of drug-likeness (QED) is 0.716. The van der Waals surface area contributed by atoms with Gasteiger partial charge in [0.05, 0.1) is 18.4 Å². The topological polar surface area (TPSA) is 71.0 Å². The molecule has 0 aromatic heterocycles. The van der Waals surface area contributed by atoms with E-state index in [-0.39, 0.29) is 29.7 Å². The molecular weight excluding hydrogens is 431 g/mol. The molecule has 0 aliphatic carbocycles. The van der Waals surface area contributed by atoms with Gasteiger partial charge in [-0.15, -0.1) is 0 Å². The Labute approximate surface area is 181 Å². The van der Waals surface area contributed by atoms with E-state index in [0.29, 0.717) is 11.4 Å². The summed E-state index contributed by atoms with van der Waals surface area (Å²) in [7, 11) is 1.51. The van der Waals surface area contributed by atoms with E-state index in [1.165, 1.54) is 24.1 Å². The van der Waals surface area contributed by atoms with Crippen molar-refractivity contribution in [2.45, 2.75) is 24.8 Å². The van der Waals surface area contributed by atoms with Crippen molar-refractivity contribution in [3.05, 3.63) is 54.1 Å². The molecule has 31 heavy (non-hydrogen) atoms. The van der Waals surface area contributed by atoms with Crippen LogP contribution in [0, 0.1) is 0 Å². The molecule has 2 aromatic rings. The van der Waals surface area contributed by atoms with E-state index in [9.17, 15) is 22.8 Å². The molecule has 0 spiro atoms. The molecule has 0 saturated carbocycles. The van der Waals surface area contributed by atoms with E-state index < -0.39 is 22.9 Å². The normalized spacial score (nSPS) is 18.2. The van der Waals surface area contributed by atoms with E-state index in [0.717, 1.165) is 23.9 Å². The smallest absolute Gasteiger partial charge is 0.416 e. The summed E-state index contributed by atoms with van der Waals surface area (Å²) in [5.41, 5.74) is -0.277. The predicted octanol–water partition coefficient (Wildman–Crippen LogP) is 4.69. The van der Waals surface area contributed by atoms with Crippen LogP contribution in [0.4, 0.5) is 24.5 Å². The number of benzene rings is 2. The molecule has 0 bridgehead atoms. The maximum Gasteiger partial charge on any atom is 0.416 e. The van der Waals surface area contributed by atoms with Crippen molar-refractivity contribution in [2.75, 3.05) is 19.0 Å². The van der Waals surface area contributed by atoms with Gasteiger partial charge in [0.1, 0.15) is 11.0 Å². The van der Waals surface area contributed by atoms with Crippen molar-refractivity contribution >= 4 is 40.1 Å². The lowest BCUT2D eigenvalue weighted by Crippen LogP contribution is -2.45. The second-order valence-corrected chi connectivity index (χ2v) is 7.78. The number of ether oxygens (including phenoxy) is 1. The van der Waals surface area contributed by atoms with Crippen LogP contribution in [0.5, 0.6) is 5.75 Å². The van der Waals surface area contributed by atoms with Gasteiger partial charge in [-0.2, -0.15) is 13.2 Å². The maximum absolute atomic E-state index is 13.0. The Morgan fingerprint density at radius 1 is 1.26 bits per heavy atom. The molecule has 6 nitrogen and oxygen atoms in total. The van der Waals surface area contributed by atoms with E-state index in [4.69, 9.17) is 4.74 Å². The average molecular weight is 451 g/mol. The van der Waals surface area contributed by atoms with Crippen LogP contribution in [0.25, 0.3) is 0 Å². The molecule has 2 aromatic carbocycles. The number of carbonyl (C=O) groups is 2. The average Bonchev–Trinajstić information content (AvgIpc) is 2.73. The molecule has 2 amide bonds. The number of carbonyl (C=O) groups excluding carboxylic acids is 2. The van der Waals surface area contributed by atoms with Crippen LogP contribution in [0.2, 0.25) is 0 Å². The number of amidine groups is 1. The summed E-state index contributed by atoms with van der Waals surface area (Å²) in [4.78, 5) is 30.9. The minimum atomic E-state index is -4.50. The molecule has 1 atom stereocenters. The van der Waals surface area contributed by atoms with Crippen LogP contribution in [-0.2, 0) is 15.8 Å². The first kappa shape index (κ1) is 22.7. The van der Waals surface area contributed by atoms with E-state index in [2.05, 4.69) is 10.3 Å². The van der Waals surface area contributed by atoms with Crippen molar-refractivity contribution < 1.29 is 27.5 Å². The summed E-state index contributed by atoms with van der Waals surface area (Å²) in [5.74, 6) is -0.161. The summed E-state index contributed by atoms with van der Waals surface area (Å²) >= 11 is 1.04. The Morgan fingerprint density at radius 3 is 2.68 bits per heavy atom. The molecule has 10 heteroatoms. The molecule has 164 valence electrons. The number of methoxy groups -OCH3 is 1. The summed E-state index contributed by atoms with van der Waals surface area (Å²) in [6.07, 6.45) is -4.55. The Hall–Kier alpha value is -3.01. The van der Waals surface area contributed by atoms with E-state index >= 15 is 0 Å². The van der Waals surface area contributed by atoms with Gasteiger partial charge in [0.25, 0.3) is 0 Å². The fourth-order valence-corrected chi connectivity index (χ4v) is 4.10. The van der Waals surface area contributed by atoms with E-state index in [1.54, 1.807) is 31.2 Å². The minimum Gasteiger partial charge on any atom is -0.497 e. The third-order valence-electron chi connectivity index (χ3n) is 4.48. The highest BCUT2D eigenvalue weighted by molar-refractivity contribution is 8.15. The van der Waals surface area contributed by atoms with Crippen LogP contribution >= 0.6 is 11.8 Å². The molecule has 1 aliphatic rings. The number of thioether (sulfide) groups is 1. The molecule has 0 radical (unpaired) electrons. The first-order valence-corrected chi connectivity index (χ1v) is 10.3. The third-order valence-corrected chi connectivity index (χ3v) is 5.67. The van der Waals surface area contributed by atoms with Gasteiger partial charge < -0.3 is 10.1 Å². The number of amides is 2. The number of hydrogen-bond donors (Lipinski definition) is 1. The second-order valence-electron chi connectivity index (χ2n) is 6.61. The predicted molar refractivity (Wildman–Crippen MR) is 114 cm³/mol. The molecule has 1 unspecified atom stereocenters. The van der Waals surface area contributed by atoms with Gasteiger partial charge in [-0.3, -0.25) is 14.5 Å². The van der Waals surface area contributed by atoms with Crippen molar-refractivity contribution in [2.24, 2.45) is 4.99 Å². The van der Waals surface area contributed by atoms with Crippen LogP contribution in [0.3, 0.4) is 0 Å². The van der Waals surface area contributed by atoms with Crippen molar-refractivity contribution in [3.8, 4) is 5.75 Å². The summed E-state index contributed by atoms with van der Waals surface area (Å²) < 4.78 is 44.1. The van der Waals surface area contributed by atoms with Gasteiger partial charge in [-0.05, 0) is 37.3 Å². The van der Waals surface area contributed by atoms with E-state index in [1.807, 2.05) is 0 Å². The Bertz CT molecular complexity index is 1010. The van der Waals surface area contributed by atoms with Gasteiger partial charge in [0.2, 0.25) is 11.8 Å². The standard InChI is InChI=1S/C21H20F3N3O3S/c1-3-27-18(28)12-17(19(29)25-15-8-5-9-16(11-15)30-2)31-20(27)26-14-7-4-6-13(10-14)21(22,23)24/h4-11,17H,3,12H2,1-2H3,(H,25,29). The summed E-state index contributed by atoms with van der Waals surface area (Å²) in [5, 5.41) is 2.15. The number of hydrogen-bond acceptors (Lipinski definition) is 5. The molecule has 1 aliphatic heterocycles. The maximum atomic E-state index is 13.0. The fourth-order valence-electron chi connectivity index (χ4n) is 2.94. The lowest BCUT2D eigenvalue weighted by Gasteiger charge is -2.31. The van der Waals surface area contributed by atoms with Gasteiger partial charge in [0, 0.05) is 24.7 Å². The SMILES string of the molecule is CCN1C(=O)CC(C(=O)Nc2cccc(OC)c2)SC1=Nc1cccc(C(F)(F)F)c1. The zero-order chi connectivity index (χ0) is 22.6. The first-order valence-electron chi connectivity index (χ1n) is 9.39. The van der Waals surface area contributed by atoms with Crippen molar-refractivity contribution in [1.82, 2.24) is 4.90 Å². The molecule has 1 fully saturated rings. The van der Waals surface area contributed by atoms with Gasteiger partial charge >= 0.3 is 6.18 Å². The molecular formula is C21H20F3N3O3S. The highest BCUT2D eigenvalue weighted by Crippen LogP contribution is 2.33. The monoisotopic (exact) mass is 451 g/mol. The highest BCUT2D eigenvalue weighted by atomic mass is 32.2. The lowest BCUT2D eigenvalue weighted by atomic mass is 10.2. The number of anilines is 1.